The maximum absolute atomic E-state index is 11.1. The van der Waals surface area contributed by atoms with Gasteiger partial charge in [0.15, 0.2) is 4.34 Å². The van der Waals surface area contributed by atoms with Crippen molar-refractivity contribution in [2.24, 2.45) is 0 Å². The van der Waals surface area contributed by atoms with Crippen molar-refractivity contribution in [3.05, 3.63) is 11.6 Å². The highest BCUT2D eigenvalue weighted by molar-refractivity contribution is 8.02. The van der Waals surface area contributed by atoms with E-state index in [9.17, 15) is 4.79 Å². The van der Waals surface area contributed by atoms with Gasteiger partial charge in [0.25, 0.3) is 0 Å². The number of thioether (sulfide) groups is 1. The number of hydrogen-bond donors (Lipinski definition) is 1. The normalized spacial score (nSPS) is 22.7. The van der Waals surface area contributed by atoms with Gasteiger partial charge in [-0.3, -0.25) is 4.79 Å². The van der Waals surface area contributed by atoms with E-state index < -0.39 is 0 Å². The average Bonchev–Trinajstić information content (AvgIpc) is 2.65. The monoisotopic (exact) mass is 200 g/mol. The molecule has 1 aliphatic rings. The third kappa shape index (κ3) is 1.61. The molecule has 12 heavy (non-hydrogen) atoms. The summed E-state index contributed by atoms with van der Waals surface area (Å²) in [6.45, 7) is 0.807. The molecule has 1 N–H and O–H groups in total. The van der Waals surface area contributed by atoms with Crippen molar-refractivity contribution < 1.29 is 4.79 Å². The minimum Gasteiger partial charge on any atom is -0.355 e. The number of hydrogen-bond acceptors (Lipinski definition) is 4. The summed E-state index contributed by atoms with van der Waals surface area (Å²) in [4.78, 5) is 15.3. The van der Waals surface area contributed by atoms with Crippen LogP contribution in [0.2, 0.25) is 0 Å². The first kappa shape index (κ1) is 8.07. The van der Waals surface area contributed by atoms with Gasteiger partial charge in [0.1, 0.15) is 0 Å². The fourth-order valence-electron chi connectivity index (χ4n) is 1.07. The number of thiazole rings is 1. The maximum atomic E-state index is 11.1. The van der Waals surface area contributed by atoms with Crippen LogP contribution in [0, 0.1) is 0 Å². The molecule has 0 spiro atoms. The van der Waals surface area contributed by atoms with Crippen LogP contribution in [-0.2, 0) is 4.79 Å². The van der Waals surface area contributed by atoms with Gasteiger partial charge in [0.05, 0.1) is 5.25 Å². The molecule has 1 atom stereocenters. The van der Waals surface area contributed by atoms with Gasteiger partial charge in [0.2, 0.25) is 5.91 Å². The molecule has 0 radical (unpaired) electrons. The van der Waals surface area contributed by atoms with Crippen LogP contribution in [0.15, 0.2) is 15.9 Å². The minimum atomic E-state index is 0.0798. The van der Waals surface area contributed by atoms with Crippen molar-refractivity contribution in [1.29, 1.82) is 0 Å². The van der Waals surface area contributed by atoms with Crippen molar-refractivity contribution in [3.63, 3.8) is 0 Å². The topological polar surface area (TPSA) is 42.0 Å². The fraction of sp³-hybridized carbons (Fsp3) is 0.429. The highest BCUT2D eigenvalue weighted by atomic mass is 32.2. The smallest absolute Gasteiger partial charge is 0.233 e. The fourth-order valence-corrected chi connectivity index (χ4v) is 2.96. The minimum absolute atomic E-state index is 0.0798. The zero-order valence-electron chi connectivity index (χ0n) is 6.32. The zero-order chi connectivity index (χ0) is 8.39. The van der Waals surface area contributed by atoms with Crippen LogP contribution >= 0.6 is 23.1 Å². The SMILES string of the molecule is O=C1NCCC1Sc1nccs1. The van der Waals surface area contributed by atoms with Gasteiger partial charge in [0, 0.05) is 18.1 Å². The van der Waals surface area contributed by atoms with Crippen molar-refractivity contribution in [2.45, 2.75) is 16.0 Å². The molecule has 0 bridgehead atoms. The van der Waals surface area contributed by atoms with E-state index in [2.05, 4.69) is 10.3 Å². The molecule has 0 aliphatic carbocycles. The summed E-state index contributed by atoms with van der Waals surface area (Å²) < 4.78 is 0.983. The van der Waals surface area contributed by atoms with Crippen molar-refractivity contribution in [3.8, 4) is 0 Å². The van der Waals surface area contributed by atoms with Gasteiger partial charge in [-0.05, 0) is 6.42 Å². The van der Waals surface area contributed by atoms with Gasteiger partial charge >= 0.3 is 0 Å². The summed E-state index contributed by atoms with van der Waals surface area (Å²) >= 11 is 3.14. The van der Waals surface area contributed by atoms with E-state index in [1.165, 1.54) is 0 Å². The second-order valence-electron chi connectivity index (χ2n) is 2.48. The first-order valence-corrected chi connectivity index (χ1v) is 5.46. The summed E-state index contributed by atoms with van der Waals surface area (Å²) in [7, 11) is 0. The summed E-state index contributed by atoms with van der Waals surface area (Å²) in [5.41, 5.74) is 0. The largest absolute Gasteiger partial charge is 0.355 e. The quantitative estimate of drug-likeness (QED) is 0.778. The number of aromatic nitrogens is 1. The number of nitrogens with zero attached hydrogens (tertiary/aromatic N) is 1. The molecule has 1 aromatic rings. The molecule has 1 unspecified atom stereocenters. The van der Waals surface area contributed by atoms with Crippen LogP contribution in [0.1, 0.15) is 6.42 Å². The molecule has 1 amide bonds. The van der Waals surface area contributed by atoms with E-state index in [1.54, 1.807) is 29.3 Å². The second-order valence-corrected chi connectivity index (χ2v) is 4.83. The molecule has 1 aromatic heterocycles. The molecule has 3 nitrogen and oxygen atoms in total. The molecule has 0 saturated carbocycles. The lowest BCUT2D eigenvalue weighted by Crippen LogP contribution is -2.20. The van der Waals surface area contributed by atoms with Gasteiger partial charge in [-0.25, -0.2) is 4.98 Å². The lowest BCUT2D eigenvalue weighted by Gasteiger charge is -2.01. The van der Waals surface area contributed by atoms with Gasteiger partial charge in [-0.2, -0.15) is 0 Å². The Kier molecular flexibility index (Phi) is 2.32. The Hall–Kier alpha value is -0.550. The Bertz CT molecular complexity index is 273. The molecule has 1 saturated heterocycles. The van der Waals surface area contributed by atoms with E-state index in [0.717, 1.165) is 17.3 Å². The zero-order valence-corrected chi connectivity index (χ0v) is 7.95. The molecule has 1 aliphatic heterocycles. The van der Waals surface area contributed by atoms with Gasteiger partial charge in [-0.1, -0.05) is 11.8 Å². The summed E-state index contributed by atoms with van der Waals surface area (Å²) in [5, 5.41) is 4.80. The maximum Gasteiger partial charge on any atom is 0.233 e. The number of rotatable bonds is 2. The highest BCUT2D eigenvalue weighted by Gasteiger charge is 2.25. The van der Waals surface area contributed by atoms with E-state index in [4.69, 9.17) is 0 Å². The summed E-state index contributed by atoms with van der Waals surface area (Å²) in [6, 6.07) is 0. The second kappa shape index (κ2) is 3.45. The van der Waals surface area contributed by atoms with Crippen molar-refractivity contribution in [2.75, 3.05) is 6.54 Å². The van der Waals surface area contributed by atoms with Crippen LogP contribution in [0.25, 0.3) is 0 Å². The van der Waals surface area contributed by atoms with Gasteiger partial charge < -0.3 is 5.32 Å². The summed E-state index contributed by atoms with van der Waals surface area (Å²) in [5.74, 6) is 0.148. The predicted molar refractivity (Wildman–Crippen MR) is 49.4 cm³/mol. The van der Waals surface area contributed by atoms with Crippen LogP contribution < -0.4 is 5.32 Å². The molecule has 0 aromatic carbocycles. The molecule has 64 valence electrons. The van der Waals surface area contributed by atoms with Crippen molar-refractivity contribution in [1.82, 2.24) is 10.3 Å². The lowest BCUT2D eigenvalue weighted by molar-refractivity contribution is -0.118. The summed E-state index contributed by atoms with van der Waals surface area (Å²) in [6.07, 6.45) is 2.68. The first-order chi connectivity index (χ1) is 5.86. The molecule has 1 fully saturated rings. The Balaban J connectivity index is 1.99. The van der Waals surface area contributed by atoms with Crippen LogP contribution in [-0.4, -0.2) is 22.7 Å². The standard InChI is InChI=1S/C7H8N2OS2/c10-6-5(1-2-8-6)12-7-9-3-4-11-7/h3-5H,1-2H2,(H,8,10). The van der Waals surface area contributed by atoms with E-state index in [-0.39, 0.29) is 11.2 Å². The van der Waals surface area contributed by atoms with E-state index in [0.29, 0.717) is 0 Å². The molecular formula is C7H8N2OS2. The third-order valence-corrected chi connectivity index (χ3v) is 3.83. The third-order valence-electron chi connectivity index (χ3n) is 1.65. The van der Waals surface area contributed by atoms with E-state index >= 15 is 0 Å². The molecule has 2 heterocycles. The van der Waals surface area contributed by atoms with Crippen molar-refractivity contribution >= 4 is 29.0 Å². The Morgan fingerprint density at radius 1 is 1.75 bits per heavy atom. The average molecular weight is 200 g/mol. The van der Waals surface area contributed by atoms with Crippen LogP contribution in [0.3, 0.4) is 0 Å². The number of amides is 1. The van der Waals surface area contributed by atoms with Crippen LogP contribution in [0.4, 0.5) is 0 Å². The number of nitrogens with one attached hydrogen (secondary N) is 1. The predicted octanol–water partition coefficient (Wildman–Crippen LogP) is 1.12. The number of carbonyl (C=O) groups excluding carboxylic acids is 1. The Morgan fingerprint density at radius 3 is 3.25 bits per heavy atom. The lowest BCUT2D eigenvalue weighted by atomic mass is 10.4. The molecule has 2 rings (SSSR count). The number of carbonyl (C=O) groups is 1. The Labute approximate surface area is 78.6 Å². The first-order valence-electron chi connectivity index (χ1n) is 3.70. The van der Waals surface area contributed by atoms with E-state index in [1.807, 2.05) is 5.38 Å². The Morgan fingerprint density at radius 2 is 2.67 bits per heavy atom. The van der Waals surface area contributed by atoms with Crippen LogP contribution in [0.5, 0.6) is 0 Å². The molecule has 5 heteroatoms. The highest BCUT2D eigenvalue weighted by Crippen LogP contribution is 2.28. The molecular weight excluding hydrogens is 192 g/mol. The van der Waals surface area contributed by atoms with Gasteiger partial charge in [-0.15, -0.1) is 11.3 Å².